The summed E-state index contributed by atoms with van der Waals surface area (Å²) in [5.74, 6) is 0.901. The average Bonchev–Trinajstić information content (AvgIpc) is 3.08. The van der Waals surface area contributed by atoms with Crippen molar-refractivity contribution in [3.8, 4) is 16.9 Å². The van der Waals surface area contributed by atoms with Gasteiger partial charge in [0, 0.05) is 30.6 Å². The Balaban J connectivity index is 1.70. The Morgan fingerprint density at radius 3 is 2.45 bits per heavy atom. The van der Waals surface area contributed by atoms with E-state index in [4.69, 9.17) is 0 Å². The summed E-state index contributed by atoms with van der Waals surface area (Å²) in [6.07, 6.45) is 4.17. The maximum absolute atomic E-state index is 12.8. The van der Waals surface area contributed by atoms with Gasteiger partial charge in [-0.25, -0.2) is 27.7 Å². The first-order valence-electron chi connectivity index (χ1n) is 9.89. The molecule has 4 rings (SSSR count). The lowest BCUT2D eigenvalue weighted by Gasteiger charge is -2.14. The molecular formula is C22H21F2N5O3S. The topological polar surface area (TPSA) is 90.2 Å². The molecule has 0 aliphatic carbocycles. The number of benzene rings is 2. The molecule has 0 spiro atoms. The summed E-state index contributed by atoms with van der Waals surface area (Å²) in [6.45, 7) is -0.776. The van der Waals surface area contributed by atoms with Crippen molar-refractivity contribution in [1.82, 2.24) is 19.5 Å². The van der Waals surface area contributed by atoms with Crippen LogP contribution >= 0.6 is 0 Å². The van der Waals surface area contributed by atoms with Gasteiger partial charge >= 0.3 is 6.61 Å². The van der Waals surface area contributed by atoms with Crippen molar-refractivity contribution in [2.75, 3.05) is 17.6 Å². The zero-order valence-corrected chi connectivity index (χ0v) is 18.9. The number of rotatable bonds is 7. The van der Waals surface area contributed by atoms with Gasteiger partial charge in [-0.3, -0.25) is 0 Å². The highest BCUT2D eigenvalue weighted by Crippen LogP contribution is 2.28. The van der Waals surface area contributed by atoms with Gasteiger partial charge in [0.15, 0.2) is 0 Å². The summed E-state index contributed by atoms with van der Waals surface area (Å²) in [5.41, 5.74) is 3.64. The fourth-order valence-corrected chi connectivity index (χ4v) is 3.81. The predicted molar refractivity (Wildman–Crippen MR) is 121 cm³/mol. The quantitative estimate of drug-likeness (QED) is 0.405. The van der Waals surface area contributed by atoms with Gasteiger partial charge < -0.3 is 9.30 Å². The summed E-state index contributed by atoms with van der Waals surface area (Å²) < 4.78 is 56.6. The number of alkyl halides is 2. The van der Waals surface area contributed by atoms with Gasteiger partial charge in [-0.15, -0.1) is 0 Å². The number of hydrogen-bond donors (Lipinski definition) is 0. The molecule has 0 N–H and O–H groups in total. The molecule has 0 fully saturated rings. The molecule has 0 bridgehead atoms. The van der Waals surface area contributed by atoms with Gasteiger partial charge in [0.1, 0.15) is 11.6 Å². The molecule has 8 nitrogen and oxygen atoms in total. The lowest BCUT2D eigenvalue weighted by atomic mass is 10.1. The van der Waals surface area contributed by atoms with Crippen molar-refractivity contribution >= 4 is 27.0 Å². The number of fused-ring (bicyclic) bond motifs is 1. The van der Waals surface area contributed by atoms with Crippen LogP contribution < -0.4 is 9.04 Å². The fraction of sp³-hybridized carbons (Fsp3) is 0.227. The molecule has 2 heterocycles. The third-order valence-corrected chi connectivity index (χ3v) is 6.37. The lowest BCUT2D eigenvalue weighted by molar-refractivity contribution is -0.0504. The van der Waals surface area contributed by atoms with Crippen LogP contribution in [0.3, 0.4) is 0 Å². The number of aromatic nitrogens is 4. The minimum atomic E-state index is -3.47. The number of nitrogens with zero attached hydrogens (tertiary/aromatic N) is 5. The van der Waals surface area contributed by atoms with Crippen molar-refractivity contribution in [3.63, 3.8) is 0 Å². The highest BCUT2D eigenvalue weighted by atomic mass is 32.2. The van der Waals surface area contributed by atoms with E-state index in [-0.39, 0.29) is 11.7 Å². The molecule has 0 aliphatic heterocycles. The van der Waals surface area contributed by atoms with Crippen LogP contribution in [0.4, 0.5) is 14.7 Å². The summed E-state index contributed by atoms with van der Waals surface area (Å²) in [7, 11) is -2.08. The Morgan fingerprint density at radius 1 is 1.09 bits per heavy atom. The Labute approximate surface area is 189 Å². The summed E-state index contributed by atoms with van der Waals surface area (Å²) in [5, 5.41) is 0. The monoisotopic (exact) mass is 473 g/mol. The second-order valence-corrected chi connectivity index (χ2v) is 9.45. The van der Waals surface area contributed by atoms with Crippen LogP contribution in [-0.4, -0.2) is 47.9 Å². The molecule has 2 aromatic carbocycles. The molecule has 0 unspecified atom stereocenters. The fourth-order valence-electron chi connectivity index (χ4n) is 3.42. The number of aryl methyl sites for hydroxylation is 1. The van der Waals surface area contributed by atoms with E-state index in [9.17, 15) is 17.2 Å². The van der Waals surface area contributed by atoms with Gasteiger partial charge in [-0.2, -0.15) is 8.78 Å². The standard InChI is InChI=1S/C22H21F2N5O3S/c1-14-27-18-9-8-15(17-11-25-22(26-12-17)28(2)33(3,30)31)10-19(18)29(14)13-16-6-4-5-7-20(16)32-21(23)24/h4-12,21H,13H2,1-3H3. The smallest absolute Gasteiger partial charge is 0.387 e. The molecule has 0 atom stereocenters. The number of para-hydroxylation sites is 1. The van der Waals surface area contributed by atoms with Crippen LogP contribution in [0, 0.1) is 6.92 Å². The largest absolute Gasteiger partial charge is 0.434 e. The SMILES string of the molecule is Cc1nc2ccc(-c3cnc(N(C)S(C)(=O)=O)nc3)cc2n1Cc1ccccc1OC(F)F. The second kappa shape index (κ2) is 8.74. The molecule has 0 aliphatic rings. The van der Waals surface area contributed by atoms with Gasteiger partial charge in [0.25, 0.3) is 0 Å². The van der Waals surface area contributed by atoms with Crippen LogP contribution in [0.25, 0.3) is 22.2 Å². The van der Waals surface area contributed by atoms with E-state index in [1.165, 1.54) is 13.1 Å². The molecule has 0 amide bonds. The summed E-state index contributed by atoms with van der Waals surface area (Å²) >= 11 is 0. The number of anilines is 1. The van der Waals surface area contributed by atoms with Gasteiger partial charge in [-0.1, -0.05) is 24.3 Å². The molecule has 33 heavy (non-hydrogen) atoms. The van der Waals surface area contributed by atoms with Crippen molar-refractivity contribution < 1.29 is 21.9 Å². The predicted octanol–water partition coefficient (Wildman–Crippen LogP) is 3.85. The van der Waals surface area contributed by atoms with Gasteiger partial charge in [0.05, 0.1) is 23.8 Å². The maximum Gasteiger partial charge on any atom is 0.387 e. The molecule has 0 saturated heterocycles. The number of sulfonamides is 1. The third kappa shape index (κ3) is 4.77. The van der Waals surface area contributed by atoms with E-state index in [1.807, 2.05) is 29.7 Å². The molecule has 4 aromatic rings. The zero-order chi connectivity index (χ0) is 23.8. The van der Waals surface area contributed by atoms with E-state index in [0.717, 1.165) is 33.0 Å². The molecule has 172 valence electrons. The van der Waals surface area contributed by atoms with Crippen LogP contribution in [0.1, 0.15) is 11.4 Å². The first-order valence-corrected chi connectivity index (χ1v) is 11.7. The molecule has 0 radical (unpaired) electrons. The molecule has 2 aromatic heterocycles. The number of ether oxygens (including phenoxy) is 1. The first-order chi connectivity index (χ1) is 15.6. The molecule has 11 heteroatoms. The van der Waals surface area contributed by atoms with E-state index in [1.54, 1.807) is 30.6 Å². The highest BCUT2D eigenvalue weighted by molar-refractivity contribution is 7.92. The maximum atomic E-state index is 12.8. The normalized spacial score (nSPS) is 11.8. The minimum Gasteiger partial charge on any atom is -0.434 e. The van der Waals surface area contributed by atoms with E-state index >= 15 is 0 Å². The third-order valence-electron chi connectivity index (χ3n) is 5.21. The van der Waals surface area contributed by atoms with E-state index in [2.05, 4.69) is 19.7 Å². The van der Waals surface area contributed by atoms with Crippen molar-refractivity contribution in [2.24, 2.45) is 0 Å². The van der Waals surface area contributed by atoms with Crippen molar-refractivity contribution in [3.05, 3.63) is 66.2 Å². The Hall–Kier alpha value is -3.60. The van der Waals surface area contributed by atoms with Crippen LogP contribution in [0.5, 0.6) is 5.75 Å². The van der Waals surface area contributed by atoms with Crippen molar-refractivity contribution in [1.29, 1.82) is 0 Å². The summed E-state index contributed by atoms with van der Waals surface area (Å²) in [4.78, 5) is 12.9. The van der Waals surface area contributed by atoms with Crippen molar-refractivity contribution in [2.45, 2.75) is 20.1 Å². The van der Waals surface area contributed by atoms with E-state index < -0.39 is 16.6 Å². The molecular weight excluding hydrogens is 452 g/mol. The highest BCUT2D eigenvalue weighted by Gasteiger charge is 2.16. The minimum absolute atomic E-state index is 0.0684. The Kier molecular flexibility index (Phi) is 5.98. The second-order valence-electron chi connectivity index (χ2n) is 7.44. The number of hydrogen-bond acceptors (Lipinski definition) is 6. The van der Waals surface area contributed by atoms with E-state index in [0.29, 0.717) is 17.7 Å². The molecule has 0 saturated carbocycles. The number of imidazole rings is 1. The van der Waals surface area contributed by atoms with Gasteiger partial charge in [-0.05, 0) is 30.7 Å². The van der Waals surface area contributed by atoms with Crippen LogP contribution in [-0.2, 0) is 16.6 Å². The number of halogens is 2. The Bertz CT molecular complexity index is 1410. The van der Waals surface area contributed by atoms with Crippen LogP contribution in [0.15, 0.2) is 54.9 Å². The Morgan fingerprint density at radius 2 is 1.79 bits per heavy atom. The lowest BCUT2D eigenvalue weighted by Crippen LogP contribution is -2.26. The first kappa shape index (κ1) is 22.6. The average molecular weight is 474 g/mol. The van der Waals surface area contributed by atoms with Gasteiger partial charge in [0.2, 0.25) is 16.0 Å². The van der Waals surface area contributed by atoms with Crippen LogP contribution in [0.2, 0.25) is 0 Å². The zero-order valence-electron chi connectivity index (χ0n) is 18.1. The summed E-state index contributed by atoms with van der Waals surface area (Å²) in [6, 6.07) is 12.3.